The second kappa shape index (κ2) is 6.85. The Bertz CT molecular complexity index is 1230. The number of nitrogens with one attached hydrogen (secondary N) is 2. The van der Waals surface area contributed by atoms with Gasteiger partial charge in [0.2, 0.25) is 0 Å². The van der Waals surface area contributed by atoms with Gasteiger partial charge in [-0.15, -0.1) is 0 Å². The van der Waals surface area contributed by atoms with Gasteiger partial charge in [-0.2, -0.15) is 0 Å². The molecule has 0 amide bonds. The van der Waals surface area contributed by atoms with Gasteiger partial charge in [0.05, 0.1) is 0 Å². The number of aromatic amines is 1. The highest BCUT2D eigenvalue weighted by Crippen LogP contribution is 2.44. The van der Waals surface area contributed by atoms with Gasteiger partial charge < -0.3 is 9.72 Å². The topological polar surface area (TPSA) is 54.1 Å². The first kappa shape index (κ1) is 17.5. The molecule has 4 nitrogen and oxygen atoms in total. The van der Waals surface area contributed by atoms with Crippen molar-refractivity contribution < 1.29 is 9.53 Å². The SMILES string of the molecule is O=C(OCC1c2ccccc2-c2ccccc21)C1NCCc2c1[nH]c1ccccc21. The summed E-state index contributed by atoms with van der Waals surface area (Å²) in [6.45, 7) is 1.12. The Labute approximate surface area is 174 Å². The third-order valence-electron chi connectivity index (χ3n) is 6.45. The van der Waals surface area contributed by atoms with Crippen LogP contribution in [0.4, 0.5) is 0 Å². The van der Waals surface area contributed by atoms with Crippen LogP contribution in [0.3, 0.4) is 0 Å². The molecule has 1 atom stereocenters. The molecule has 2 N–H and O–H groups in total. The minimum Gasteiger partial charge on any atom is -0.463 e. The number of para-hydroxylation sites is 1. The van der Waals surface area contributed by atoms with Gasteiger partial charge in [-0.05, 0) is 40.3 Å². The lowest BCUT2D eigenvalue weighted by atomic mass is 9.97. The van der Waals surface area contributed by atoms with Crippen molar-refractivity contribution in [1.29, 1.82) is 0 Å². The lowest BCUT2D eigenvalue weighted by Gasteiger charge is -2.24. The number of benzene rings is 3. The van der Waals surface area contributed by atoms with Crippen molar-refractivity contribution in [1.82, 2.24) is 10.3 Å². The first-order valence-electron chi connectivity index (χ1n) is 10.5. The Hall–Kier alpha value is -3.37. The van der Waals surface area contributed by atoms with Crippen LogP contribution in [0.1, 0.15) is 34.3 Å². The third kappa shape index (κ3) is 2.61. The fourth-order valence-electron chi connectivity index (χ4n) is 5.07. The molecule has 0 spiro atoms. The first-order chi connectivity index (χ1) is 14.8. The first-order valence-corrected chi connectivity index (χ1v) is 10.5. The second-order valence-corrected chi connectivity index (χ2v) is 8.06. The Kier molecular flexibility index (Phi) is 3.99. The van der Waals surface area contributed by atoms with Crippen molar-refractivity contribution in [3.8, 4) is 11.1 Å². The minimum absolute atomic E-state index is 0.0760. The average molecular weight is 394 g/mol. The van der Waals surface area contributed by atoms with Crippen LogP contribution in [0, 0.1) is 0 Å². The molecule has 3 aromatic carbocycles. The summed E-state index contributed by atoms with van der Waals surface area (Å²) < 4.78 is 5.91. The molecule has 6 rings (SSSR count). The van der Waals surface area contributed by atoms with Crippen LogP contribution in [0.25, 0.3) is 22.0 Å². The van der Waals surface area contributed by atoms with Crippen molar-refractivity contribution in [2.75, 3.05) is 13.2 Å². The monoisotopic (exact) mass is 394 g/mol. The number of carbonyl (C=O) groups excluding carboxylic acids is 1. The number of hydrogen-bond acceptors (Lipinski definition) is 3. The molecule has 2 aliphatic rings. The maximum absolute atomic E-state index is 13.1. The average Bonchev–Trinajstić information content (AvgIpc) is 3.33. The molecule has 4 aromatic rings. The maximum Gasteiger partial charge on any atom is 0.329 e. The fraction of sp³-hybridized carbons (Fsp3) is 0.192. The van der Waals surface area contributed by atoms with Gasteiger partial charge >= 0.3 is 5.97 Å². The zero-order valence-corrected chi connectivity index (χ0v) is 16.5. The maximum atomic E-state index is 13.1. The van der Waals surface area contributed by atoms with Gasteiger partial charge in [0.1, 0.15) is 12.6 Å². The molecule has 0 saturated heterocycles. The van der Waals surface area contributed by atoms with Crippen molar-refractivity contribution in [3.63, 3.8) is 0 Å². The van der Waals surface area contributed by atoms with Crippen molar-refractivity contribution >= 4 is 16.9 Å². The molecule has 1 unspecified atom stereocenters. The van der Waals surface area contributed by atoms with Gasteiger partial charge in [-0.3, -0.25) is 5.32 Å². The highest BCUT2D eigenvalue weighted by Gasteiger charge is 2.33. The van der Waals surface area contributed by atoms with Crippen LogP contribution < -0.4 is 5.32 Å². The lowest BCUT2D eigenvalue weighted by molar-refractivity contribution is -0.146. The van der Waals surface area contributed by atoms with Gasteiger partial charge in [-0.25, -0.2) is 4.79 Å². The molecule has 0 saturated carbocycles. The van der Waals surface area contributed by atoms with E-state index in [1.807, 2.05) is 12.1 Å². The summed E-state index contributed by atoms with van der Waals surface area (Å²) in [5.74, 6) is -0.142. The zero-order chi connectivity index (χ0) is 20.1. The van der Waals surface area contributed by atoms with E-state index < -0.39 is 6.04 Å². The largest absolute Gasteiger partial charge is 0.463 e. The molecule has 148 valence electrons. The van der Waals surface area contributed by atoms with Gasteiger partial charge in [-0.1, -0.05) is 66.7 Å². The van der Waals surface area contributed by atoms with E-state index in [4.69, 9.17) is 4.74 Å². The van der Waals surface area contributed by atoms with Crippen molar-refractivity contribution in [3.05, 3.63) is 95.2 Å². The van der Waals surface area contributed by atoms with E-state index in [0.717, 1.165) is 24.2 Å². The summed E-state index contributed by atoms with van der Waals surface area (Å²) in [6, 6.07) is 24.6. The quantitative estimate of drug-likeness (QED) is 0.495. The highest BCUT2D eigenvalue weighted by atomic mass is 16.5. The standard InChI is InChI=1S/C26H22N2O2/c29-26(25-24-21(13-14-27-25)20-11-5-6-12-23(20)28-24)30-15-22-18-9-3-1-7-16(18)17-8-2-4-10-19(17)22/h1-12,22,25,27-28H,13-15H2. The fourth-order valence-corrected chi connectivity index (χ4v) is 5.07. The number of ether oxygens (including phenoxy) is 1. The molecule has 1 aliphatic heterocycles. The number of aromatic nitrogens is 1. The van der Waals surface area contributed by atoms with Crippen LogP contribution >= 0.6 is 0 Å². The molecule has 4 heteroatoms. The third-order valence-corrected chi connectivity index (χ3v) is 6.45. The zero-order valence-electron chi connectivity index (χ0n) is 16.5. The number of carbonyl (C=O) groups is 1. The predicted octanol–water partition coefficient (Wildman–Crippen LogP) is 4.71. The smallest absolute Gasteiger partial charge is 0.329 e. The number of fused-ring (bicyclic) bond motifs is 6. The summed E-state index contributed by atoms with van der Waals surface area (Å²) in [5.41, 5.74) is 8.18. The summed E-state index contributed by atoms with van der Waals surface area (Å²) in [5, 5.41) is 4.54. The van der Waals surface area contributed by atoms with Crippen LogP contribution in [0.2, 0.25) is 0 Å². The molecular formula is C26H22N2O2. The van der Waals surface area contributed by atoms with E-state index in [9.17, 15) is 4.79 Å². The van der Waals surface area contributed by atoms with Crippen molar-refractivity contribution in [2.45, 2.75) is 18.4 Å². The van der Waals surface area contributed by atoms with E-state index in [1.165, 1.54) is 33.2 Å². The van der Waals surface area contributed by atoms with Gasteiger partial charge in [0.25, 0.3) is 0 Å². The van der Waals surface area contributed by atoms with E-state index in [0.29, 0.717) is 6.61 Å². The van der Waals surface area contributed by atoms with Crippen molar-refractivity contribution in [2.24, 2.45) is 0 Å². The van der Waals surface area contributed by atoms with Crippen LogP contribution in [0.15, 0.2) is 72.8 Å². The number of hydrogen-bond donors (Lipinski definition) is 2. The minimum atomic E-state index is -0.451. The number of H-pyrrole nitrogens is 1. The molecule has 2 heterocycles. The normalized spacial score (nSPS) is 17.4. The van der Waals surface area contributed by atoms with Crippen LogP contribution in [-0.4, -0.2) is 24.1 Å². The Morgan fingerprint density at radius 3 is 2.33 bits per heavy atom. The predicted molar refractivity (Wildman–Crippen MR) is 117 cm³/mol. The molecule has 1 aromatic heterocycles. The molecule has 0 radical (unpaired) electrons. The van der Waals surface area contributed by atoms with E-state index in [2.05, 4.69) is 71.0 Å². The molecule has 30 heavy (non-hydrogen) atoms. The molecule has 1 aliphatic carbocycles. The second-order valence-electron chi connectivity index (χ2n) is 8.06. The van der Waals surface area contributed by atoms with E-state index >= 15 is 0 Å². The Balaban J connectivity index is 1.28. The van der Waals surface area contributed by atoms with Gasteiger partial charge in [0, 0.05) is 29.1 Å². The Morgan fingerprint density at radius 1 is 0.900 bits per heavy atom. The molecule has 0 fully saturated rings. The van der Waals surface area contributed by atoms with Crippen LogP contribution in [-0.2, 0) is 16.0 Å². The number of rotatable bonds is 3. The summed E-state index contributed by atoms with van der Waals surface area (Å²) in [6.07, 6.45) is 0.909. The van der Waals surface area contributed by atoms with E-state index in [-0.39, 0.29) is 11.9 Å². The molecular weight excluding hydrogens is 372 g/mol. The Morgan fingerprint density at radius 2 is 1.57 bits per heavy atom. The molecule has 0 bridgehead atoms. The highest BCUT2D eigenvalue weighted by molar-refractivity contribution is 5.88. The van der Waals surface area contributed by atoms with E-state index in [1.54, 1.807) is 0 Å². The summed E-state index contributed by atoms with van der Waals surface area (Å²) >= 11 is 0. The van der Waals surface area contributed by atoms with Crippen LogP contribution in [0.5, 0.6) is 0 Å². The summed E-state index contributed by atoms with van der Waals surface area (Å²) in [7, 11) is 0. The lowest BCUT2D eigenvalue weighted by Crippen LogP contribution is -2.36. The number of esters is 1. The summed E-state index contributed by atoms with van der Waals surface area (Å²) in [4.78, 5) is 16.6. The van der Waals surface area contributed by atoms with Gasteiger partial charge in [0.15, 0.2) is 0 Å².